The summed E-state index contributed by atoms with van der Waals surface area (Å²) in [4.78, 5) is 58.0. The lowest BCUT2D eigenvalue weighted by Gasteiger charge is -2.47. The molecule has 348 valence electrons. The number of Topliss-reactive ketones (excluding diaryl/α,β-unsaturated/α-hetero) is 2. The minimum absolute atomic E-state index is 0.00183. The van der Waals surface area contributed by atoms with Gasteiger partial charge in [0.15, 0.2) is 8.32 Å². The molecule has 0 radical (unpaired) electrons. The SMILES string of the molecule is COC1CC(C=C(C)C2OC(=O)C3CCCCN3C(=O)C(=O)C3(O)OC(C(OC)CC(C)C/C(C)=C/C(C)C(=O)CCC2C)C(OC)CC3C)CCC1O[Si](C)(C)C(C)(C)C. The highest BCUT2D eigenvalue weighted by atomic mass is 28.4. The highest BCUT2D eigenvalue weighted by Gasteiger charge is 2.56. The molecule has 0 spiro atoms. The van der Waals surface area contributed by atoms with Crippen molar-refractivity contribution in [1.29, 1.82) is 0 Å². The van der Waals surface area contributed by atoms with E-state index < -0.39 is 68.1 Å². The first-order chi connectivity index (χ1) is 28.5. The summed E-state index contributed by atoms with van der Waals surface area (Å²) in [6, 6.07) is -1.03. The number of methoxy groups -OCH3 is 3. The van der Waals surface area contributed by atoms with Crippen molar-refractivity contribution < 1.29 is 52.4 Å². The number of hydrogen-bond donors (Lipinski definition) is 1. The Morgan fingerprint density at radius 3 is 2.15 bits per heavy atom. The number of ether oxygens (including phenoxy) is 5. The highest BCUT2D eigenvalue weighted by Crippen LogP contribution is 2.42. The van der Waals surface area contributed by atoms with E-state index >= 15 is 0 Å². The standard InChI is InChI=1S/C48H81NO11Si/c1-29-23-30(2)25-40(56-11)43-41(57-12)27-34(6)48(54,59-43)44(51)45(52)49-22-16-15-17-36(49)46(53)58-42(31(3)18-20-37(50)32(4)24-29)33(5)26-35-19-21-38(39(28-35)55-10)60-61(13,14)47(7,8)9/h24,26,30-32,34-36,38-43,54H,15-23,25,27-28H2,1-14H3/b29-24+,33-26?. The van der Waals surface area contributed by atoms with Crippen LogP contribution in [-0.4, -0.2) is 118 Å². The van der Waals surface area contributed by atoms with Crippen LogP contribution in [-0.2, 0) is 47.3 Å². The molecule has 13 heteroatoms. The molecule has 2 bridgehead atoms. The monoisotopic (exact) mass is 876 g/mol. The van der Waals surface area contributed by atoms with Crippen LogP contribution in [0.2, 0.25) is 18.1 Å². The average molecular weight is 876 g/mol. The Hall–Kier alpha value is -2.26. The van der Waals surface area contributed by atoms with Crippen LogP contribution in [0.3, 0.4) is 0 Å². The number of carbonyl (C=O) groups excluding carboxylic acids is 4. The first-order valence-electron chi connectivity index (χ1n) is 23.1. The molecular weight excluding hydrogens is 795 g/mol. The molecule has 0 aromatic rings. The van der Waals surface area contributed by atoms with E-state index in [1.165, 1.54) is 4.90 Å². The quantitative estimate of drug-likeness (QED) is 0.114. The van der Waals surface area contributed by atoms with Crippen LogP contribution in [0.4, 0.5) is 0 Å². The van der Waals surface area contributed by atoms with Gasteiger partial charge < -0.3 is 38.1 Å². The van der Waals surface area contributed by atoms with Crippen molar-refractivity contribution in [3.63, 3.8) is 0 Å². The van der Waals surface area contributed by atoms with Crippen LogP contribution >= 0.6 is 0 Å². The molecule has 4 aliphatic rings. The second-order valence-corrected chi connectivity index (χ2v) is 25.4. The molecule has 0 aromatic heterocycles. The first-order valence-corrected chi connectivity index (χ1v) is 26.0. The largest absolute Gasteiger partial charge is 0.456 e. The maximum Gasteiger partial charge on any atom is 0.329 e. The lowest BCUT2D eigenvalue weighted by molar-refractivity contribution is -0.302. The number of esters is 1. The topological polar surface area (TPSA) is 147 Å². The smallest absolute Gasteiger partial charge is 0.329 e. The molecular formula is C48H81NO11Si. The molecule has 13 unspecified atom stereocenters. The Kier molecular flexibility index (Phi) is 18.2. The molecule has 4 rings (SSSR count). The zero-order valence-electron chi connectivity index (χ0n) is 40.0. The summed E-state index contributed by atoms with van der Waals surface area (Å²) in [5.41, 5.74) is 1.95. The Balaban J connectivity index is 1.69. The van der Waals surface area contributed by atoms with Crippen LogP contribution in [0.15, 0.2) is 23.3 Å². The molecule has 13 atom stereocenters. The number of piperidine rings is 1. The molecule has 61 heavy (non-hydrogen) atoms. The first kappa shape index (κ1) is 51.4. The summed E-state index contributed by atoms with van der Waals surface area (Å²) in [6.07, 6.45) is 7.86. The number of carbonyl (C=O) groups is 4. The van der Waals surface area contributed by atoms with Gasteiger partial charge in [-0.15, -0.1) is 0 Å². The maximum atomic E-state index is 14.4. The number of aliphatic hydroxyl groups is 1. The minimum atomic E-state index is -2.46. The predicted molar refractivity (Wildman–Crippen MR) is 238 cm³/mol. The Morgan fingerprint density at radius 2 is 1.52 bits per heavy atom. The minimum Gasteiger partial charge on any atom is -0.456 e. The number of hydrogen-bond acceptors (Lipinski definition) is 11. The number of rotatable bonds is 7. The van der Waals surface area contributed by atoms with Gasteiger partial charge in [0.05, 0.1) is 24.4 Å². The van der Waals surface area contributed by atoms with Gasteiger partial charge in [0.1, 0.15) is 24.0 Å². The zero-order chi connectivity index (χ0) is 45.6. The second-order valence-electron chi connectivity index (χ2n) is 20.7. The summed E-state index contributed by atoms with van der Waals surface area (Å²) in [5.74, 6) is -6.10. The van der Waals surface area contributed by atoms with Crippen LogP contribution in [0.1, 0.15) is 133 Å². The lowest BCUT2D eigenvalue weighted by atomic mass is 9.82. The zero-order valence-corrected chi connectivity index (χ0v) is 41.0. The molecule has 3 fully saturated rings. The number of allylic oxidation sites excluding steroid dienone is 3. The molecule has 1 aliphatic carbocycles. The Morgan fingerprint density at radius 1 is 0.885 bits per heavy atom. The van der Waals surface area contributed by atoms with Gasteiger partial charge >= 0.3 is 5.97 Å². The fourth-order valence-corrected chi connectivity index (χ4v) is 11.2. The van der Waals surface area contributed by atoms with Crippen molar-refractivity contribution in [3.8, 4) is 0 Å². The molecule has 2 saturated heterocycles. The predicted octanol–water partition coefficient (Wildman–Crippen LogP) is 8.14. The molecule has 12 nitrogen and oxygen atoms in total. The van der Waals surface area contributed by atoms with Crippen molar-refractivity contribution >= 4 is 31.8 Å². The van der Waals surface area contributed by atoms with Gasteiger partial charge in [0.2, 0.25) is 5.79 Å². The summed E-state index contributed by atoms with van der Waals surface area (Å²) in [6.45, 7) is 23.1. The Labute approximate surface area is 368 Å². The highest BCUT2D eigenvalue weighted by molar-refractivity contribution is 6.74. The third kappa shape index (κ3) is 12.5. The third-order valence-electron chi connectivity index (χ3n) is 14.7. The number of ketones is 2. The molecule has 3 aliphatic heterocycles. The lowest BCUT2D eigenvalue weighted by Crippen LogP contribution is -2.64. The molecule has 3 heterocycles. The summed E-state index contributed by atoms with van der Waals surface area (Å²) in [5, 5.41) is 12.2. The van der Waals surface area contributed by atoms with E-state index in [2.05, 4.69) is 46.9 Å². The fraction of sp³-hybridized carbons (Fsp3) is 0.833. The van der Waals surface area contributed by atoms with E-state index in [1.807, 2.05) is 33.8 Å². The fourth-order valence-electron chi connectivity index (χ4n) is 9.85. The van der Waals surface area contributed by atoms with Crippen molar-refractivity contribution in [2.24, 2.45) is 29.6 Å². The second kappa shape index (κ2) is 21.6. The van der Waals surface area contributed by atoms with E-state index in [9.17, 15) is 24.3 Å². The maximum absolute atomic E-state index is 14.4. The molecule has 1 N–H and O–H groups in total. The van der Waals surface area contributed by atoms with Crippen LogP contribution in [0, 0.1) is 29.6 Å². The van der Waals surface area contributed by atoms with Crippen LogP contribution in [0.5, 0.6) is 0 Å². The third-order valence-corrected chi connectivity index (χ3v) is 19.2. The van der Waals surface area contributed by atoms with Gasteiger partial charge in [-0.1, -0.05) is 66.2 Å². The molecule has 0 aromatic carbocycles. The van der Waals surface area contributed by atoms with Crippen molar-refractivity contribution in [2.45, 2.75) is 200 Å². The number of fused-ring (bicyclic) bond motifs is 3. The van der Waals surface area contributed by atoms with Gasteiger partial charge in [-0.2, -0.15) is 0 Å². The van der Waals surface area contributed by atoms with Gasteiger partial charge in [0, 0.05) is 46.1 Å². The van der Waals surface area contributed by atoms with E-state index in [1.54, 1.807) is 28.3 Å². The van der Waals surface area contributed by atoms with Crippen molar-refractivity contribution in [2.75, 3.05) is 27.9 Å². The van der Waals surface area contributed by atoms with Gasteiger partial charge in [-0.25, -0.2) is 4.79 Å². The van der Waals surface area contributed by atoms with E-state index in [4.69, 9.17) is 28.1 Å². The normalized spacial score (nSPS) is 38.5. The van der Waals surface area contributed by atoms with Gasteiger partial charge in [-0.05, 0) is 120 Å². The molecule has 1 amide bonds. The number of cyclic esters (lactones) is 1. The average Bonchev–Trinajstić information content (AvgIpc) is 3.20. The number of nitrogens with zero attached hydrogens (tertiary/aromatic N) is 1. The van der Waals surface area contributed by atoms with Gasteiger partial charge in [-0.3, -0.25) is 14.4 Å². The summed E-state index contributed by atoms with van der Waals surface area (Å²) < 4.78 is 37.4. The Bertz CT molecular complexity index is 1590. The molecule has 1 saturated carbocycles. The number of amides is 1. The van der Waals surface area contributed by atoms with E-state index in [0.717, 1.165) is 30.4 Å². The van der Waals surface area contributed by atoms with E-state index in [-0.39, 0.29) is 59.7 Å². The van der Waals surface area contributed by atoms with Crippen molar-refractivity contribution in [3.05, 3.63) is 23.3 Å². The van der Waals surface area contributed by atoms with Crippen LogP contribution < -0.4 is 0 Å². The van der Waals surface area contributed by atoms with Gasteiger partial charge in [0.25, 0.3) is 11.7 Å². The van der Waals surface area contributed by atoms with Crippen LogP contribution in [0.25, 0.3) is 0 Å². The summed E-state index contributed by atoms with van der Waals surface area (Å²) in [7, 11) is 2.83. The van der Waals surface area contributed by atoms with E-state index in [0.29, 0.717) is 44.9 Å². The summed E-state index contributed by atoms with van der Waals surface area (Å²) >= 11 is 0. The van der Waals surface area contributed by atoms with Crippen molar-refractivity contribution in [1.82, 2.24) is 4.90 Å².